The molecule has 1 aliphatic heterocycles. The molecule has 212 valence electrons. The van der Waals surface area contributed by atoms with Gasteiger partial charge in [0.25, 0.3) is 0 Å². The van der Waals surface area contributed by atoms with Crippen molar-refractivity contribution in [2.45, 2.75) is 31.5 Å². The molecule has 0 radical (unpaired) electrons. The third-order valence-electron chi connectivity index (χ3n) is 6.57. The van der Waals surface area contributed by atoms with Crippen molar-refractivity contribution in [3.8, 4) is 11.5 Å². The minimum absolute atomic E-state index is 0.0721. The summed E-state index contributed by atoms with van der Waals surface area (Å²) in [6.45, 7) is 3.79. The minimum atomic E-state index is -0.794. The Hall–Kier alpha value is -4.06. The van der Waals surface area contributed by atoms with Gasteiger partial charge >= 0.3 is 11.4 Å². The average molecular weight is 552 g/mol. The molecule has 1 fully saturated rings. The number of hydrogen-bond acceptors (Lipinski definition) is 9. The Morgan fingerprint density at radius 1 is 0.800 bits per heavy atom. The van der Waals surface area contributed by atoms with Crippen LogP contribution in [0, 0.1) is 20.2 Å². The monoisotopic (exact) mass is 551 g/mol. The highest BCUT2D eigenvalue weighted by atomic mass is 16.6. The van der Waals surface area contributed by atoms with Crippen LogP contribution in [0.4, 0.5) is 11.4 Å². The van der Waals surface area contributed by atoms with Gasteiger partial charge in [0, 0.05) is 24.9 Å². The van der Waals surface area contributed by atoms with Gasteiger partial charge in [-0.2, -0.15) is 0 Å². The zero-order valence-electron chi connectivity index (χ0n) is 22.1. The van der Waals surface area contributed by atoms with E-state index < -0.39 is 21.2 Å². The average Bonchev–Trinajstić information content (AvgIpc) is 2.98. The van der Waals surface area contributed by atoms with Gasteiger partial charge in [0.15, 0.2) is 0 Å². The van der Waals surface area contributed by atoms with Gasteiger partial charge in [-0.3, -0.25) is 20.2 Å². The highest BCUT2D eigenvalue weighted by Crippen LogP contribution is 2.31. The molecular weight excluding hydrogens is 518 g/mol. The van der Waals surface area contributed by atoms with Crippen LogP contribution in [0.15, 0.2) is 72.8 Å². The Morgan fingerprint density at radius 2 is 1.52 bits per heavy atom. The number of hydrogen-bond donors (Lipinski definition) is 1. The fraction of sp³-hybridized carbons (Fsp3) is 0.379. The van der Waals surface area contributed by atoms with E-state index in [1.807, 2.05) is 42.5 Å². The Morgan fingerprint density at radius 3 is 2.27 bits per heavy atom. The topological polar surface area (TPSA) is 135 Å². The van der Waals surface area contributed by atoms with Crippen molar-refractivity contribution in [3.63, 3.8) is 0 Å². The van der Waals surface area contributed by atoms with E-state index >= 15 is 0 Å². The van der Waals surface area contributed by atoms with Crippen LogP contribution < -0.4 is 14.8 Å². The van der Waals surface area contributed by atoms with E-state index in [0.717, 1.165) is 48.4 Å². The van der Waals surface area contributed by atoms with Crippen molar-refractivity contribution in [3.05, 3.63) is 104 Å². The molecule has 1 aliphatic rings. The van der Waals surface area contributed by atoms with Crippen molar-refractivity contribution in [2.75, 3.05) is 39.5 Å². The van der Waals surface area contributed by atoms with Crippen molar-refractivity contribution in [2.24, 2.45) is 0 Å². The molecule has 0 aromatic heterocycles. The van der Waals surface area contributed by atoms with Gasteiger partial charge in [-0.15, -0.1) is 0 Å². The van der Waals surface area contributed by atoms with Crippen LogP contribution in [0.1, 0.15) is 29.9 Å². The first kappa shape index (κ1) is 28.9. The summed E-state index contributed by atoms with van der Waals surface area (Å²) >= 11 is 0. The summed E-state index contributed by atoms with van der Waals surface area (Å²) < 4.78 is 23.2. The molecule has 0 aliphatic carbocycles. The summed E-state index contributed by atoms with van der Waals surface area (Å²) in [6, 6.07) is 21.6. The summed E-state index contributed by atoms with van der Waals surface area (Å²) in [5.41, 5.74) is 1.14. The van der Waals surface area contributed by atoms with E-state index in [4.69, 9.17) is 18.9 Å². The summed E-state index contributed by atoms with van der Waals surface area (Å²) in [6.07, 6.45) is 1.64. The van der Waals surface area contributed by atoms with Crippen LogP contribution in [0.5, 0.6) is 11.5 Å². The molecule has 11 nitrogen and oxygen atoms in total. The lowest BCUT2D eigenvalue weighted by Crippen LogP contribution is -2.41. The first-order valence-electron chi connectivity index (χ1n) is 13.2. The van der Waals surface area contributed by atoms with Gasteiger partial charge in [0.1, 0.15) is 18.1 Å². The zero-order chi connectivity index (χ0) is 28.2. The lowest BCUT2D eigenvalue weighted by Gasteiger charge is -2.32. The Bertz CT molecular complexity index is 1240. The van der Waals surface area contributed by atoms with Gasteiger partial charge in [0.05, 0.1) is 48.4 Å². The quantitative estimate of drug-likeness (QED) is 0.157. The molecule has 1 saturated heterocycles. The molecule has 0 spiro atoms. The predicted octanol–water partition coefficient (Wildman–Crippen LogP) is 5.03. The number of nitro benzene ring substituents is 2. The van der Waals surface area contributed by atoms with Crippen LogP contribution >= 0.6 is 0 Å². The molecule has 3 aromatic rings. The maximum Gasteiger partial charge on any atom is 0.349 e. The Balaban J connectivity index is 1.19. The molecule has 0 saturated carbocycles. The summed E-state index contributed by atoms with van der Waals surface area (Å²) in [5.74, 6) is 1.18. The number of nitrogens with zero attached hydrogens (tertiary/aromatic N) is 2. The molecule has 4 rings (SSSR count). The molecule has 3 aromatic carbocycles. The molecule has 2 atom stereocenters. The van der Waals surface area contributed by atoms with Crippen molar-refractivity contribution >= 4 is 11.4 Å². The molecule has 11 heteroatoms. The molecular formula is C29H33N3O8. The third-order valence-corrected chi connectivity index (χ3v) is 6.57. The standard InChI is InChI=1S/C29H33N3O8/c33-31(34)27-12-11-25(19-28(27)32(35)36)39-17-18-40-29-20-30-14-13-26(29)23-7-9-24(10-8-23)38-16-4-15-37-21-22-5-2-1-3-6-22/h1-3,5-12,19,26,29-30H,4,13-18,20-21H2. The SMILES string of the molecule is O=[N+]([O-])c1ccc(OCCOC2CNCCC2c2ccc(OCCCOCc3ccccc3)cc2)cc1[N+](=O)[O-]. The van der Waals surface area contributed by atoms with Gasteiger partial charge in [-0.25, -0.2) is 0 Å². The van der Waals surface area contributed by atoms with Crippen LogP contribution in [0.2, 0.25) is 0 Å². The van der Waals surface area contributed by atoms with Crippen molar-refractivity contribution in [1.29, 1.82) is 0 Å². The lowest BCUT2D eigenvalue weighted by molar-refractivity contribution is -0.422. The Kier molecular flexibility index (Phi) is 10.8. The van der Waals surface area contributed by atoms with E-state index in [9.17, 15) is 20.2 Å². The number of nitro groups is 2. The Labute approximate surface area is 232 Å². The normalized spacial score (nSPS) is 16.8. The number of benzene rings is 3. The second-order valence-electron chi connectivity index (χ2n) is 9.33. The maximum atomic E-state index is 11.1. The molecule has 2 unspecified atom stereocenters. The number of nitrogens with one attached hydrogen (secondary N) is 1. The summed E-state index contributed by atoms with van der Waals surface area (Å²) in [7, 11) is 0. The smallest absolute Gasteiger partial charge is 0.349 e. The molecule has 1 heterocycles. The number of piperidine rings is 1. The lowest BCUT2D eigenvalue weighted by atomic mass is 9.88. The fourth-order valence-corrected chi connectivity index (χ4v) is 4.57. The van der Waals surface area contributed by atoms with Crippen LogP contribution in [0.25, 0.3) is 0 Å². The summed E-state index contributed by atoms with van der Waals surface area (Å²) in [4.78, 5) is 20.5. The van der Waals surface area contributed by atoms with E-state index in [1.165, 1.54) is 6.07 Å². The van der Waals surface area contributed by atoms with E-state index in [0.29, 0.717) is 26.4 Å². The minimum Gasteiger partial charge on any atom is -0.494 e. The van der Waals surface area contributed by atoms with Crippen LogP contribution in [0.3, 0.4) is 0 Å². The molecule has 0 bridgehead atoms. The number of ether oxygens (including phenoxy) is 4. The van der Waals surface area contributed by atoms with Gasteiger partial charge in [-0.1, -0.05) is 42.5 Å². The highest BCUT2D eigenvalue weighted by Gasteiger charge is 2.27. The molecule has 1 N–H and O–H groups in total. The van der Waals surface area contributed by atoms with Crippen LogP contribution in [-0.2, 0) is 16.1 Å². The second kappa shape index (κ2) is 14.9. The molecule has 0 amide bonds. The van der Waals surface area contributed by atoms with Crippen molar-refractivity contribution in [1.82, 2.24) is 5.32 Å². The predicted molar refractivity (Wildman–Crippen MR) is 148 cm³/mol. The zero-order valence-corrected chi connectivity index (χ0v) is 22.1. The highest BCUT2D eigenvalue weighted by molar-refractivity contribution is 5.55. The van der Waals surface area contributed by atoms with E-state index in [-0.39, 0.29) is 31.0 Å². The fourth-order valence-electron chi connectivity index (χ4n) is 4.57. The first-order chi connectivity index (χ1) is 19.5. The van der Waals surface area contributed by atoms with Crippen LogP contribution in [-0.4, -0.2) is 55.5 Å². The van der Waals surface area contributed by atoms with Gasteiger partial charge < -0.3 is 24.3 Å². The summed E-state index contributed by atoms with van der Waals surface area (Å²) in [5, 5.41) is 25.5. The maximum absolute atomic E-state index is 11.1. The van der Waals surface area contributed by atoms with Crippen molar-refractivity contribution < 1.29 is 28.8 Å². The van der Waals surface area contributed by atoms with Gasteiger partial charge in [-0.05, 0) is 42.3 Å². The second-order valence-corrected chi connectivity index (χ2v) is 9.33. The third kappa shape index (κ3) is 8.47. The number of rotatable bonds is 15. The first-order valence-corrected chi connectivity index (χ1v) is 13.2. The molecule has 40 heavy (non-hydrogen) atoms. The van der Waals surface area contributed by atoms with Gasteiger partial charge in [0.2, 0.25) is 0 Å². The van der Waals surface area contributed by atoms with E-state index in [1.54, 1.807) is 0 Å². The van der Waals surface area contributed by atoms with E-state index in [2.05, 4.69) is 17.4 Å². The largest absolute Gasteiger partial charge is 0.494 e.